The highest BCUT2D eigenvalue weighted by molar-refractivity contribution is 7.99. The second-order valence-corrected chi connectivity index (χ2v) is 7.20. The van der Waals surface area contributed by atoms with E-state index >= 15 is 0 Å². The number of halogens is 1. The molecule has 23 heavy (non-hydrogen) atoms. The molecule has 0 saturated carbocycles. The minimum Gasteiger partial charge on any atom is -0.457 e. The summed E-state index contributed by atoms with van der Waals surface area (Å²) in [6, 6.07) is 17.6. The van der Waals surface area contributed by atoms with E-state index in [9.17, 15) is 4.79 Å². The highest BCUT2D eigenvalue weighted by atomic mass is 35.5. The fraction of sp³-hybridized carbons (Fsp3) is 0.278. The lowest BCUT2D eigenvalue weighted by molar-refractivity contribution is -0.130. The maximum absolute atomic E-state index is 12.3. The van der Waals surface area contributed by atoms with Crippen LogP contribution in [0.3, 0.4) is 0 Å². The van der Waals surface area contributed by atoms with Crippen LogP contribution in [-0.2, 0) is 4.79 Å². The molecule has 2 atom stereocenters. The van der Waals surface area contributed by atoms with Crippen molar-refractivity contribution in [3.63, 3.8) is 0 Å². The van der Waals surface area contributed by atoms with E-state index in [-0.39, 0.29) is 11.3 Å². The largest absolute Gasteiger partial charge is 0.457 e. The highest BCUT2D eigenvalue weighted by Crippen LogP contribution is 2.39. The van der Waals surface area contributed by atoms with Gasteiger partial charge in [0.1, 0.15) is 22.2 Å². The Labute approximate surface area is 145 Å². The van der Waals surface area contributed by atoms with E-state index in [2.05, 4.69) is 0 Å². The van der Waals surface area contributed by atoms with Gasteiger partial charge in [0.2, 0.25) is 5.91 Å². The van der Waals surface area contributed by atoms with Crippen molar-refractivity contribution in [3.8, 4) is 11.5 Å². The Morgan fingerprint density at radius 1 is 1.22 bits per heavy atom. The summed E-state index contributed by atoms with van der Waals surface area (Å²) in [5, 5.41) is -0.497. The van der Waals surface area contributed by atoms with Crippen molar-refractivity contribution < 1.29 is 9.53 Å². The summed E-state index contributed by atoms with van der Waals surface area (Å²) < 4.78 is 5.88. The maximum Gasteiger partial charge on any atom is 0.241 e. The number of rotatable bonds is 4. The predicted molar refractivity (Wildman–Crippen MR) is 95.2 cm³/mol. The topological polar surface area (TPSA) is 29.5 Å². The van der Waals surface area contributed by atoms with Gasteiger partial charge in [-0.25, -0.2) is 0 Å². The summed E-state index contributed by atoms with van der Waals surface area (Å²) in [5.74, 6) is 2.47. The summed E-state index contributed by atoms with van der Waals surface area (Å²) in [6.45, 7) is 2.45. The number of hydrogen-bond donors (Lipinski definition) is 0. The quantitative estimate of drug-likeness (QED) is 0.752. The van der Waals surface area contributed by atoms with Crippen molar-refractivity contribution in [1.82, 2.24) is 4.90 Å². The Bertz CT molecular complexity index is 678. The minimum atomic E-state index is -0.500. The van der Waals surface area contributed by atoms with Crippen molar-refractivity contribution in [2.75, 3.05) is 12.3 Å². The first-order valence-corrected chi connectivity index (χ1v) is 9.02. The average molecular weight is 348 g/mol. The number of carbonyl (C=O) groups excluding carboxylic acids is 1. The molecule has 1 fully saturated rings. The molecule has 0 bridgehead atoms. The van der Waals surface area contributed by atoms with Gasteiger partial charge in [-0.3, -0.25) is 4.79 Å². The number of hydrogen-bond acceptors (Lipinski definition) is 3. The molecule has 0 aliphatic carbocycles. The van der Waals surface area contributed by atoms with E-state index in [0.29, 0.717) is 0 Å². The van der Waals surface area contributed by atoms with Gasteiger partial charge >= 0.3 is 0 Å². The summed E-state index contributed by atoms with van der Waals surface area (Å²) in [4.78, 5) is 14.1. The van der Waals surface area contributed by atoms with Crippen LogP contribution in [0.15, 0.2) is 54.6 Å². The van der Waals surface area contributed by atoms with E-state index in [1.807, 2.05) is 59.5 Å². The molecule has 3 nitrogen and oxygen atoms in total. The third kappa shape index (κ3) is 3.82. The van der Waals surface area contributed by atoms with E-state index in [0.717, 1.165) is 29.4 Å². The van der Waals surface area contributed by atoms with Crippen LogP contribution < -0.4 is 4.74 Å². The van der Waals surface area contributed by atoms with Crippen LogP contribution in [0.4, 0.5) is 0 Å². The fourth-order valence-electron chi connectivity index (χ4n) is 2.56. The fourth-order valence-corrected chi connectivity index (χ4v) is 3.94. The van der Waals surface area contributed by atoms with Crippen molar-refractivity contribution in [2.24, 2.45) is 0 Å². The number of nitrogens with zero attached hydrogens (tertiary/aromatic N) is 1. The van der Waals surface area contributed by atoms with Gasteiger partial charge in [0.15, 0.2) is 0 Å². The molecular weight excluding hydrogens is 330 g/mol. The van der Waals surface area contributed by atoms with Crippen molar-refractivity contribution in [1.29, 1.82) is 0 Å². The molecule has 1 aliphatic heterocycles. The summed E-state index contributed by atoms with van der Waals surface area (Å²) in [5.41, 5.74) is 1.06. The normalized spacial score (nSPS) is 18.7. The summed E-state index contributed by atoms with van der Waals surface area (Å²) in [7, 11) is 0. The first-order valence-electron chi connectivity index (χ1n) is 7.54. The molecule has 0 spiro atoms. The van der Waals surface area contributed by atoms with Crippen molar-refractivity contribution in [2.45, 2.75) is 17.7 Å². The lowest BCUT2D eigenvalue weighted by Crippen LogP contribution is -2.35. The second kappa shape index (κ2) is 7.28. The molecule has 2 aromatic rings. The Morgan fingerprint density at radius 2 is 1.96 bits per heavy atom. The number of amides is 1. The number of benzene rings is 2. The summed E-state index contributed by atoms with van der Waals surface area (Å²) >= 11 is 7.73. The molecule has 1 heterocycles. The lowest BCUT2D eigenvalue weighted by atomic mass is 10.2. The Balaban J connectivity index is 1.80. The number of carbonyl (C=O) groups is 1. The van der Waals surface area contributed by atoms with Gasteiger partial charge in [0, 0.05) is 12.3 Å². The van der Waals surface area contributed by atoms with E-state index in [4.69, 9.17) is 16.3 Å². The third-order valence-electron chi connectivity index (χ3n) is 3.64. The van der Waals surface area contributed by atoms with Crippen LogP contribution >= 0.6 is 23.4 Å². The van der Waals surface area contributed by atoms with Crippen molar-refractivity contribution >= 4 is 29.3 Å². The number of alkyl halides is 1. The maximum atomic E-state index is 12.3. The second-order valence-electron chi connectivity index (χ2n) is 5.36. The highest BCUT2D eigenvalue weighted by Gasteiger charge is 2.32. The molecule has 120 valence electrons. The zero-order chi connectivity index (χ0) is 16.2. The predicted octanol–water partition coefficient (Wildman–Crippen LogP) is 4.68. The zero-order valence-electron chi connectivity index (χ0n) is 12.8. The molecule has 5 heteroatoms. The standard InChI is InChI=1S/C18H18ClNO2S/c1-13(19)17(21)20-10-11-23-18(20)14-6-5-9-16(12-14)22-15-7-3-2-4-8-15/h2-9,12-13,18H,10-11H2,1H3. The van der Waals surface area contributed by atoms with Gasteiger partial charge in [0.05, 0.1) is 0 Å². The number of thioether (sulfide) groups is 1. The third-order valence-corrected chi connectivity index (χ3v) is 5.08. The molecule has 1 aliphatic rings. The SMILES string of the molecule is CC(Cl)C(=O)N1CCSC1c1cccc(Oc2ccccc2)c1. The lowest BCUT2D eigenvalue weighted by Gasteiger charge is -2.25. The van der Waals surface area contributed by atoms with E-state index < -0.39 is 5.38 Å². The van der Waals surface area contributed by atoms with Crippen LogP contribution in [0.2, 0.25) is 0 Å². The Kier molecular flexibility index (Phi) is 5.13. The molecule has 3 rings (SSSR count). The van der Waals surface area contributed by atoms with Crippen LogP contribution in [0.25, 0.3) is 0 Å². The molecule has 1 amide bonds. The van der Waals surface area contributed by atoms with Gasteiger partial charge in [-0.05, 0) is 36.8 Å². The molecule has 0 N–H and O–H groups in total. The van der Waals surface area contributed by atoms with Gasteiger partial charge < -0.3 is 9.64 Å². The number of para-hydroxylation sites is 1. The average Bonchev–Trinajstić information content (AvgIpc) is 3.05. The molecule has 0 radical (unpaired) electrons. The van der Waals surface area contributed by atoms with Gasteiger partial charge in [-0.2, -0.15) is 0 Å². The summed E-state index contributed by atoms with van der Waals surface area (Å²) in [6.07, 6.45) is 0. The van der Waals surface area contributed by atoms with Crippen LogP contribution in [0.1, 0.15) is 17.9 Å². The number of ether oxygens (including phenoxy) is 1. The van der Waals surface area contributed by atoms with Gasteiger partial charge in [0.25, 0.3) is 0 Å². The monoisotopic (exact) mass is 347 g/mol. The van der Waals surface area contributed by atoms with Crippen LogP contribution in [0, 0.1) is 0 Å². The molecular formula is C18H18ClNO2S. The van der Waals surface area contributed by atoms with Crippen molar-refractivity contribution in [3.05, 3.63) is 60.2 Å². The zero-order valence-corrected chi connectivity index (χ0v) is 14.4. The van der Waals surface area contributed by atoms with Crippen LogP contribution in [-0.4, -0.2) is 28.5 Å². The minimum absolute atomic E-state index is 0.00280. The first kappa shape index (κ1) is 16.2. The van der Waals surface area contributed by atoms with Crippen LogP contribution in [0.5, 0.6) is 11.5 Å². The Hall–Kier alpha value is -1.65. The van der Waals surface area contributed by atoms with E-state index in [1.54, 1.807) is 18.7 Å². The Morgan fingerprint density at radius 3 is 2.70 bits per heavy atom. The molecule has 1 saturated heterocycles. The molecule has 0 aromatic heterocycles. The smallest absolute Gasteiger partial charge is 0.241 e. The van der Waals surface area contributed by atoms with Gasteiger partial charge in [-0.1, -0.05) is 30.3 Å². The molecule has 2 aromatic carbocycles. The molecule has 2 unspecified atom stereocenters. The first-order chi connectivity index (χ1) is 11.1. The van der Waals surface area contributed by atoms with Gasteiger partial charge in [-0.15, -0.1) is 23.4 Å². The van der Waals surface area contributed by atoms with E-state index in [1.165, 1.54) is 0 Å².